The molecule has 1 aliphatic carbocycles. The van der Waals surface area contributed by atoms with Gasteiger partial charge in [0.1, 0.15) is 0 Å². The number of aryl methyl sites for hydroxylation is 2. The molecule has 43 heavy (non-hydrogen) atoms. The van der Waals surface area contributed by atoms with Crippen molar-refractivity contribution in [2.24, 2.45) is 13.0 Å². The van der Waals surface area contributed by atoms with Crippen LogP contribution in [-0.2, 0) is 17.4 Å². The quantitative estimate of drug-likeness (QED) is 0.137. The summed E-state index contributed by atoms with van der Waals surface area (Å²) in [7, 11) is 1.86. The maximum atomic E-state index is 13.0. The standard InChI is InChI=1S/C35H49N7O/c1-6-11-29-13-9-18-42(24-29)19-17-38-35(15-10-16-35)32-21-33(28(4)37-23-32)40-34(43)26(2)12-7-8-14-30(20-27(3)36)31-22-39-41(5)25-31/h7-8,12,14,20-23,25,29,36,38H,2,6,9-11,13,15-19,24H2,1,3-5H3,(H,40,43)/b12-7+,14-8-,30-20+,36-27?. The van der Waals surface area contributed by atoms with Crippen LogP contribution in [0.5, 0.6) is 0 Å². The molecule has 1 amide bonds. The van der Waals surface area contributed by atoms with E-state index in [0.29, 0.717) is 11.3 Å². The number of pyridine rings is 1. The van der Waals surface area contributed by atoms with Crippen molar-refractivity contribution < 1.29 is 4.79 Å². The molecule has 1 saturated carbocycles. The number of nitrogens with zero attached hydrogens (tertiary/aromatic N) is 4. The molecule has 1 aliphatic heterocycles. The van der Waals surface area contributed by atoms with E-state index in [-0.39, 0.29) is 11.4 Å². The number of anilines is 1. The molecule has 0 bridgehead atoms. The Morgan fingerprint density at radius 1 is 1.23 bits per heavy atom. The van der Waals surface area contributed by atoms with Crippen molar-refractivity contribution in [2.45, 2.75) is 71.3 Å². The van der Waals surface area contributed by atoms with Crippen molar-refractivity contribution in [2.75, 3.05) is 31.5 Å². The molecule has 1 atom stereocenters. The van der Waals surface area contributed by atoms with Gasteiger partial charge in [0.25, 0.3) is 5.91 Å². The number of likely N-dealkylation sites (tertiary alicyclic amines) is 1. The summed E-state index contributed by atoms with van der Waals surface area (Å²) in [6.45, 7) is 14.4. The van der Waals surface area contributed by atoms with Crippen molar-refractivity contribution in [1.82, 2.24) is 25.0 Å². The lowest BCUT2D eigenvalue weighted by molar-refractivity contribution is -0.112. The van der Waals surface area contributed by atoms with Crippen molar-refractivity contribution in [1.29, 1.82) is 5.41 Å². The fraction of sp³-hybridized carbons (Fsp3) is 0.486. The number of rotatable bonds is 14. The minimum atomic E-state index is -0.257. The molecule has 8 nitrogen and oxygen atoms in total. The molecule has 0 aromatic carbocycles. The van der Waals surface area contributed by atoms with Gasteiger partial charge in [-0.25, -0.2) is 0 Å². The molecule has 2 fully saturated rings. The normalized spacial score (nSPS) is 19.1. The van der Waals surface area contributed by atoms with Gasteiger partial charge in [-0.2, -0.15) is 5.10 Å². The minimum absolute atomic E-state index is 0.0746. The lowest BCUT2D eigenvalue weighted by Gasteiger charge is -2.44. The first-order chi connectivity index (χ1) is 20.7. The second-order valence-corrected chi connectivity index (χ2v) is 12.2. The van der Waals surface area contributed by atoms with Crippen LogP contribution in [0.3, 0.4) is 0 Å². The molecule has 8 heteroatoms. The number of amides is 1. The van der Waals surface area contributed by atoms with Crippen LogP contribution in [0, 0.1) is 18.3 Å². The number of carbonyl (C=O) groups is 1. The van der Waals surface area contributed by atoms with E-state index in [0.717, 1.165) is 59.9 Å². The molecule has 0 radical (unpaired) electrons. The third kappa shape index (κ3) is 8.94. The highest BCUT2D eigenvalue weighted by Gasteiger charge is 2.39. The van der Waals surface area contributed by atoms with E-state index in [9.17, 15) is 4.79 Å². The van der Waals surface area contributed by atoms with E-state index in [4.69, 9.17) is 5.41 Å². The van der Waals surface area contributed by atoms with Crippen LogP contribution in [0.15, 0.2) is 67.2 Å². The van der Waals surface area contributed by atoms with Gasteiger partial charge in [-0.15, -0.1) is 0 Å². The van der Waals surface area contributed by atoms with Crippen LogP contribution in [0.25, 0.3) is 5.57 Å². The lowest BCUT2D eigenvalue weighted by Crippen LogP contribution is -2.51. The topological polar surface area (TPSA) is 98.9 Å². The van der Waals surface area contributed by atoms with E-state index < -0.39 is 0 Å². The Morgan fingerprint density at radius 3 is 2.70 bits per heavy atom. The van der Waals surface area contributed by atoms with Gasteiger partial charge >= 0.3 is 0 Å². The number of piperidine rings is 1. The summed E-state index contributed by atoms with van der Waals surface area (Å²) in [4.78, 5) is 20.3. The highest BCUT2D eigenvalue weighted by atomic mass is 16.1. The molecule has 3 heterocycles. The van der Waals surface area contributed by atoms with Gasteiger partial charge < -0.3 is 20.9 Å². The van der Waals surface area contributed by atoms with Gasteiger partial charge in [0.05, 0.1) is 17.6 Å². The largest absolute Gasteiger partial charge is 0.320 e. The third-order valence-corrected chi connectivity index (χ3v) is 8.67. The Morgan fingerprint density at radius 2 is 2.02 bits per heavy atom. The van der Waals surface area contributed by atoms with E-state index in [1.807, 2.05) is 38.5 Å². The van der Waals surface area contributed by atoms with Gasteiger partial charge in [0.2, 0.25) is 0 Å². The number of carbonyl (C=O) groups excluding carboxylic acids is 1. The first kappa shape index (κ1) is 32.3. The maximum Gasteiger partial charge on any atom is 0.255 e. The summed E-state index contributed by atoms with van der Waals surface area (Å²) in [6.07, 6.45) is 23.3. The highest BCUT2D eigenvalue weighted by molar-refractivity contribution is 6.05. The summed E-state index contributed by atoms with van der Waals surface area (Å²) in [5, 5.41) is 19.0. The number of aromatic nitrogens is 3. The summed E-state index contributed by atoms with van der Waals surface area (Å²) >= 11 is 0. The van der Waals surface area contributed by atoms with Crippen LogP contribution >= 0.6 is 0 Å². The molecule has 1 saturated heterocycles. The van der Waals surface area contributed by atoms with Crippen molar-refractivity contribution >= 4 is 22.9 Å². The van der Waals surface area contributed by atoms with E-state index >= 15 is 0 Å². The van der Waals surface area contributed by atoms with Crippen LogP contribution in [0.2, 0.25) is 0 Å². The van der Waals surface area contributed by atoms with Gasteiger partial charge in [0.15, 0.2) is 0 Å². The van der Waals surface area contributed by atoms with Crippen LogP contribution in [0.1, 0.15) is 75.6 Å². The molecule has 1 unspecified atom stereocenters. The van der Waals surface area contributed by atoms with Crippen LogP contribution in [0.4, 0.5) is 5.69 Å². The zero-order chi connectivity index (χ0) is 30.8. The molecule has 2 aliphatic rings. The molecule has 230 valence electrons. The van der Waals surface area contributed by atoms with Crippen LogP contribution in [-0.4, -0.2) is 57.5 Å². The zero-order valence-electron chi connectivity index (χ0n) is 26.5. The maximum absolute atomic E-state index is 13.0. The van der Waals surface area contributed by atoms with E-state index in [1.165, 1.54) is 45.2 Å². The number of hydrogen-bond acceptors (Lipinski definition) is 6. The fourth-order valence-corrected chi connectivity index (χ4v) is 6.11. The summed E-state index contributed by atoms with van der Waals surface area (Å²) < 4.78 is 1.73. The Hall–Kier alpha value is -3.62. The number of nitrogens with one attached hydrogen (secondary N) is 3. The van der Waals surface area contributed by atoms with E-state index in [1.54, 1.807) is 36.0 Å². The second-order valence-electron chi connectivity index (χ2n) is 12.2. The van der Waals surface area contributed by atoms with Crippen molar-refractivity contribution in [3.63, 3.8) is 0 Å². The lowest BCUT2D eigenvalue weighted by atomic mass is 9.72. The Labute approximate surface area is 257 Å². The molecular weight excluding hydrogens is 534 g/mol. The summed E-state index contributed by atoms with van der Waals surface area (Å²) in [6, 6.07) is 2.09. The molecular formula is C35H49N7O. The smallest absolute Gasteiger partial charge is 0.255 e. The first-order valence-electron chi connectivity index (χ1n) is 15.7. The average Bonchev–Trinajstić information content (AvgIpc) is 3.39. The number of allylic oxidation sites excluding steroid dienone is 5. The summed E-state index contributed by atoms with van der Waals surface area (Å²) in [5.41, 5.74) is 5.16. The van der Waals surface area contributed by atoms with Gasteiger partial charge in [-0.1, -0.05) is 44.2 Å². The van der Waals surface area contributed by atoms with Crippen molar-refractivity contribution in [3.8, 4) is 0 Å². The monoisotopic (exact) mass is 583 g/mol. The third-order valence-electron chi connectivity index (χ3n) is 8.67. The molecule has 0 spiro atoms. The van der Waals surface area contributed by atoms with Crippen molar-refractivity contribution in [3.05, 3.63) is 84.0 Å². The Bertz CT molecular complexity index is 1380. The highest BCUT2D eigenvalue weighted by Crippen LogP contribution is 2.42. The van der Waals surface area contributed by atoms with Crippen LogP contribution < -0.4 is 10.6 Å². The Kier molecular flexibility index (Phi) is 11.4. The fourth-order valence-electron chi connectivity index (χ4n) is 6.11. The molecule has 2 aromatic rings. The van der Waals surface area contributed by atoms with Gasteiger partial charge in [0, 0.05) is 61.5 Å². The SMILES string of the molecule is C=C(/C=C/C=C\C(=C/C(C)=N)c1cnn(C)c1)C(=O)Nc1cc(C2(NCCN3CCCC(CCC)C3)CCC2)cnc1C. The first-order valence-corrected chi connectivity index (χ1v) is 15.7. The van der Waals surface area contributed by atoms with Gasteiger partial charge in [-0.05, 0) is 88.1 Å². The Balaban J connectivity index is 1.35. The predicted molar refractivity (Wildman–Crippen MR) is 177 cm³/mol. The molecule has 2 aromatic heterocycles. The van der Waals surface area contributed by atoms with Gasteiger partial charge in [-0.3, -0.25) is 14.5 Å². The predicted octanol–water partition coefficient (Wildman–Crippen LogP) is 6.33. The number of hydrogen-bond donors (Lipinski definition) is 3. The zero-order valence-corrected chi connectivity index (χ0v) is 26.5. The average molecular weight is 584 g/mol. The summed E-state index contributed by atoms with van der Waals surface area (Å²) in [5.74, 6) is 0.592. The minimum Gasteiger partial charge on any atom is -0.320 e. The van der Waals surface area contributed by atoms with E-state index in [2.05, 4.69) is 45.2 Å². The molecule has 4 rings (SSSR count). The molecule has 3 N–H and O–H groups in total. The second kappa shape index (κ2) is 15.2.